The van der Waals surface area contributed by atoms with Gasteiger partial charge in [0.05, 0.1) is 10.7 Å². The Balaban J connectivity index is 2.08. The number of nitrogens with two attached hydrogens (primary N) is 1. The molecule has 18 heavy (non-hydrogen) atoms. The van der Waals surface area contributed by atoms with Gasteiger partial charge in [-0.05, 0) is 25.0 Å². The summed E-state index contributed by atoms with van der Waals surface area (Å²) in [7, 11) is 0. The van der Waals surface area contributed by atoms with Crippen molar-refractivity contribution in [2.45, 2.75) is 25.3 Å². The Morgan fingerprint density at radius 2 is 2.06 bits per heavy atom. The fraction of sp³-hybridized carbons (Fsp3) is 0.286. The van der Waals surface area contributed by atoms with Crippen LogP contribution in [0.4, 0.5) is 0 Å². The van der Waals surface area contributed by atoms with Crippen LogP contribution in [0.1, 0.15) is 30.0 Å². The zero-order valence-electron chi connectivity index (χ0n) is 9.94. The van der Waals surface area contributed by atoms with Crippen LogP contribution in [0.3, 0.4) is 0 Å². The van der Waals surface area contributed by atoms with E-state index in [0.717, 1.165) is 16.8 Å². The van der Waals surface area contributed by atoms with Gasteiger partial charge < -0.3 is 5.73 Å². The molecule has 3 nitrogen and oxygen atoms in total. The number of benzene rings is 1. The van der Waals surface area contributed by atoms with Gasteiger partial charge in [-0.25, -0.2) is 9.97 Å². The lowest BCUT2D eigenvalue weighted by atomic mass is 10.1. The van der Waals surface area contributed by atoms with Crippen molar-refractivity contribution in [1.29, 1.82) is 0 Å². The van der Waals surface area contributed by atoms with Crippen LogP contribution in [-0.4, -0.2) is 9.97 Å². The minimum absolute atomic E-state index is 0.495. The second kappa shape index (κ2) is 4.67. The Labute approximate surface area is 111 Å². The summed E-state index contributed by atoms with van der Waals surface area (Å²) < 4.78 is 0. The number of rotatable bonds is 3. The predicted octanol–water partition coefficient (Wildman–Crippen LogP) is 3.13. The lowest BCUT2D eigenvalue weighted by Crippen LogP contribution is -2.05. The van der Waals surface area contributed by atoms with Crippen molar-refractivity contribution in [2.24, 2.45) is 5.73 Å². The molecule has 0 saturated heterocycles. The molecule has 2 aromatic rings. The van der Waals surface area contributed by atoms with Gasteiger partial charge in [0.15, 0.2) is 5.82 Å². The van der Waals surface area contributed by atoms with Gasteiger partial charge in [-0.2, -0.15) is 0 Å². The smallest absolute Gasteiger partial charge is 0.160 e. The van der Waals surface area contributed by atoms with Gasteiger partial charge in [-0.1, -0.05) is 23.7 Å². The molecule has 1 aliphatic rings. The van der Waals surface area contributed by atoms with Crippen molar-refractivity contribution in [2.75, 3.05) is 0 Å². The summed E-state index contributed by atoms with van der Waals surface area (Å²) in [6.07, 6.45) is 4.23. The van der Waals surface area contributed by atoms with E-state index in [9.17, 15) is 0 Å². The maximum absolute atomic E-state index is 6.18. The van der Waals surface area contributed by atoms with Gasteiger partial charge in [-0.15, -0.1) is 0 Å². The SMILES string of the molecule is NCc1cnc(-c2ccccc2Cl)nc1C1CC1. The van der Waals surface area contributed by atoms with E-state index in [1.165, 1.54) is 12.8 Å². The molecule has 1 aromatic carbocycles. The molecule has 0 radical (unpaired) electrons. The van der Waals surface area contributed by atoms with Crippen LogP contribution >= 0.6 is 11.6 Å². The first kappa shape index (κ1) is 11.6. The molecule has 2 N–H and O–H groups in total. The molecule has 0 atom stereocenters. The van der Waals surface area contributed by atoms with Gasteiger partial charge in [-0.3, -0.25) is 0 Å². The highest BCUT2D eigenvalue weighted by Crippen LogP contribution is 2.41. The van der Waals surface area contributed by atoms with Gasteiger partial charge in [0.25, 0.3) is 0 Å². The van der Waals surface area contributed by atoms with Crippen LogP contribution < -0.4 is 5.73 Å². The Kier molecular flexibility index (Phi) is 3.02. The molecule has 1 saturated carbocycles. The second-order valence-electron chi connectivity index (χ2n) is 4.56. The molecule has 0 aliphatic heterocycles. The first-order valence-corrected chi connectivity index (χ1v) is 6.48. The Hall–Kier alpha value is -1.45. The van der Waals surface area contributed by atoms with Crippen molar-refractivity contribution in [3.63, 3.8) is 0 Å². The van der Waals surface area contributed by atoms with Crippen LogP contribution in [0.2, 0.25) is 5.02 Å². The summed E-state index contributed by atoms with van der Waals surface area (Å²) in [5.41, 5.74) is 8.76. The second-order valence-corrected chi connectivity index (χ2v) is 4.97. The summed E-state index contributed by atoms with van der Waals surface area (Å²) in [6, 6.07) is 7.64. The summed E-state index contributed by atoms with van der Waals surface area (Å²) in [5.74, 6) is 1.26. The van der Waals surface area contributed by atoms with E-state index in [2.05, 4.69) is 9.97 Å². The summed E-state index contributed by atoms with van der Waals surface area (Å²) >= 11 is 6.18. The third-order valence-electron chi connectivity index (χ3n) is 3.20. The molecule has 92 valence electrons. The highest BCUT2D eigenvalue weighted by atomic mass is 35.5. The minimum Gasteiger partial charge on any atom is -0.326 e. The zero-order chi connectivity index (χ0) is 12.5. The Morgan fingerprint density at radius 1 is 1.28 bits per heavy atom. The van der Waals surface area contributed by atoms with Crippen LogP contribution in [0.5, 0.6) is 0 Å². The van der Waals surface area contributed by atoms with Gasteiger partial charge in [0.1, 0.15) is 0 Å². The monoisotopic (exact) mass is 259 g/mol. The van der Waals surface area contributed by atoms with Gasteiger partial charge in [0, 0.05) is 29.8 Å². The average Bonchev–Trinajstić information content (AvgIpc) is 3.23. The fourth-order valence-electron chi connectivity index (χ4n) is 2.06. The first-order valence-electron chi connectivity index (χ1n) is 6.10. The van der Waals surface area contributed by atoms with Gasteiger partial charge >= 0.3 is 0 Å². The minimum atomic E-state index is 0.495. The predicted molar refractivity (Wildman–Crippen MR) is 72.3 cm³/mol. The third-order valence-corrected chi connectivity index (χ3v) is 3.53. The van der Waals surface area contributed by atoms with E-state index in [1.807, 2.05) is 30.5 Å². The normalized spacial score (nSPS) is 14.8. The topological polar surface area (TPSA) is 51.8 Å². The van der Waals surface area contributed by atoms with E-state index in [-0.39, 0.29) is 0 Å². The van der Waals surface area contributed by atoms with E-state index < -0.39 is 0 Å². The van der Waals surface area contributed by atoms with Crippen LogP contribution in [0, 0.1) is 0 Å². The summed E-state index contributed by atoms with van der Waals surface area (Å²) in [5, 5.41) is 0.680. The van der Waals surface area contributed by atoms with E-state index in [1.54, 1.807) is 0 Å². The molecule has 0 spiro atoms. The lowest BCUT2D eigenvalue weighted by molar-refractivity contribution is 0.911. The van der Waals surface area contributed by atoms with Crippen LogP contribution in [0.25, 0.3) is 11.4 Å². The Bertz CT molecular complexity index is 579. The highest BCUT2D eigenvalue weighted by molar-refractivity contribution is 6.33. The summed E-state index contributed by atoms with van der Waals surface area (Å²) in [4.78, 5) is 9.04. The molecule has 4 heteroatoms. The maximum Gasteiger partial charge on any atom is 0.160 e. The molecule has 1 aromatic heterocycles. The standard InChI is InChI=1S/C14H14ClN3/c15-12-4-2-1-3-11(12)14-17-8-10(7-16)13(18-14)9-5-6-9/h1-4,8-9H,5-7,16H2. The molecule has 3 rings (SSSR count). The molecular formula is C14H14ClN3. The number of aromatic nitrogens is 2. The summed E-state index contributed by atoms with van der Waals surface area (Å²) in [6.45, 7) is 0.495. The molecule has 1 fully saturated rings. The zero-order valence-corrected chi connectivity index (χ0v) is 10.7. The van der Waals surface area contributed by atoms with Crippen molar-refractivity contribution < 1.29 is 0 Å². The molecule has 1 aliphatic carbocycles. The van der Waals surface area contributed by atoms with Crippen LogP contribution in [-0.2, 0) is 6.54 Å². The van der Waals surface area contributed by atoms with E-state index >= 15 is 0 Å². The fourth-order valence-corrected chi connectivity index (χ4v) is 2.28. The molecule has 0 bridgehead atoms. The van der Waals surface area contributed by atoms with Gasteiger partial charge in [0.2, 0.25) is 0 Å². The first-order chi connectivity index (χ1) is 8.79. The highest BCUT2D eigenvalue weighted by Gasteiger charge is 2.28. The molecule has 0 amide bonds. The lowest BCUT2D eigenvalue weighted by Gasteiger charge is -2.08. The van der Waals surface area contributed by atoms with Crippen molar-refractivity contribution in [1.82, 2.24) is 9.97 Å². The van der Waals surface area contributed by atoms with Crippen molar-refractivity contribution in [3.05, 3.63) is 46.7 Å². The van der Waals surface area contributed by atoms with Crippen LogP contribution in [0.15, 0.2) is 30.5 Å². The number of nitrogens with zero attached hydrogens (tertiary/aromatic N) is 2. The third kappa shape index (κ3) is 2.11. The number of hydrogen-bond acceptors (Lipinski definition) is 3. The molecular weight excluding hydrogens is 246 g/mol. The maximum atomic E-state index is 6.18. The quantitative estimate of drug-likeness (QED) is 0.921. The van der Waals surface area contributed by atoms with E-state index in [0.29, 0.717) is 23.3 Å². The van der Waals surface area contributed by atoms with Crippen molar-refractivity contribution in [3.8, 4) is 11.4 Å². The largest absolute Gasteiger partial charge is 0.326 e. The number of hydrogen-bond donors (Lipinski definition) is 1. The van der Waals surface area contributed by atoms with Crippen molar-refractivity contribution >= 4 is 11.6 Å². The molecule has 1 heterocycles. The van der Waals surface area contributed by atoms with E-state index in [4.69, 9.17) is 17.3 Å². The Morgan fingerprint density at radius 3 is 2.72 bits per heavy atom. The molecule has 0 unspecified atom stereocenters. The average molecular weight is 260 g/mol. The number of halogens is 1.